The first-order valence-electron chi connectivity index (χ1n) is 8.77. The van der Waals surface area contributed by atoms with Gasteiger partial charge in [0.25, 0.3) is 0 Å². The van der Waals surface area contributed by atoms with E-state index in [1.165, 1.54) is 12.1 Å². The summed E-state index contributed by atoms with van der Waals surface area (Å²) in [6.07, 6.45) is 3.72. The second-order valence-electron chi connectivity index (χ2n) is 6.29. The van der Waals surface area contributed by atoms with E-state index in [4.69, 9.17) is 0 Å². The molecular formula is C20H22FN5O. The second-order valence-corrected chi connectivity index (χ2v) is 6.29. The van der Waals surface area contributed by atoms with Gasteiger partial charge >= 0.3 is 0 Å². The molecule has 1 amide bonds. The molecule has 0 spiro atoms. The molecule has 0 aliphatic carbocycles. The van der Waals surface area contributed by atoms with Crippen LogP contribution < -0.4 is 10.2 Å². The van der Waals surface area contributed by atoms with E-state index in [-0.39, 0.29) is 18.1 Å². The summed E-state index contributed by atoms with van der Waals surface area (Å²) >= 11 is 0. The molecule has 27 heavy (non-hydrogen) atoms. The maximum Gasteiger partial charge on any atom is 0.230 e. The van der Waals surface area contributed by atoms with Gasteiger partial charge in [-0.2, -0.15) is 5.10 Å². The van der Waals surface area contributed by atoms with Crippen LogP contribution in [0, 0.1) is 5.82 Å². The largest absolute Gasteiger partial charge is 0.360 e. The lowest BCUT2D eigenvalue weighted by Crippen LogP contribution is -2.18. The molecule has 1 aromatic carbocycles. The number of rotatable bonds is 7. The van der Waals surface area contributed by atoms with E-state index in [2.05, 4.69) is 22.3 Å². The van der Waals surface area contributed by atoms with Gasteiger partial charge in [-0.25, -0.2) is 9.37 Å². The molecule has 0 aliphatic rings. The van der Waals surface area contributed by atoms with Crippen LogP contribution in [0.3, 0.4) is 0 Å². The van der Waals surface area contributed by atoms with Gasteiger partial charge in [0.2, 0.25) is 5.91 Å². The van der Waals surface area contributed by atoms with Crippen molar-refractivity contribution in [2.75, 3.05) is 23.8 Å². The molecule has 1 N–H and O–H groups in total. The number of amides is 1. The molecule has 0 radical (unpaired) electrons. The molecular weight excluding hydrogens is 345 g/mol. The number of aromatic nitrogens is 3. The number of nitrogens with zero attached hydrogens (tertiary/aromatic N) is 4. The van der Waals surface area contributed by atoms with Crippen LogP contribution in [0.1, 0.15) is 18.1 Å². The Morgan fingerprint density at radius 1 is 1.15 bits per heavy atom. The summed E-state index contributed by atoms with van der Waals surface area (Å²) in [5.74, 6) is 0.940. The van der Waals surface area contributed by atoms with Gasteiger partial charge in [-0.3, -0.25) is 9.48 Å². The van der Waals surface area contributed by atoms with Gasteiger partial charge in [0.05, 0.1) is 13.0 Å². The zero-order chi connectivity index (χ0) is 19.2. The van der Waals surface area contributed by atoms with Gasteiger partial charge < -0.3 is 10.2 Å². The Labute approximate surface area is 157 Å². The van der Waals surface area contributed by atoms with Crippen LogP contribution in [0.4, 0.5) is 16.0 Å². The van der Waals surface area contributed by atoms with Gasteiger partial charge in [-0.05, 0) is 36.2 Å². The second kappa shape index (κ2) is 8.44. The molecule has 0 saturated heterocycles. The molecule has 2 heterocycles. The lowest BCUT2D eigenvalue weighted by Gasteiger charge is -2.15. The zero-order valence-corrected chi connectivity index (χ0v) is 15.4. The van der Waals surface area contributed by atoms with Crippen LogP contribution in [0.25, 0.3) is 0 Å². The Morgan fingerprint density at radius 2 is 1.89 bits per heavy atom. The van der Waals surface area contributed by atoms with Crippen LogP contribution in [-0.2, 0) is 17.8 Å². The van der Waals surface area contributed by atoms with Crippen molar-refractivity contribution >= 4 is 17.5 Å². The van der Waals surface area contributed by atoms with Crippen molar-refractivity contribution in [1.29, 1.82) is 0 Å². The lowest BCUT2D eigenvalue weighted by molar-refractivity contribution is -0.115. The molecule has 0 fully saturated rings. The van der Waals surface area contributed by atoms with Gasteiger partial charge in [0.1, 0.15) is 11.6 Å². The van der Waals surface area contributed by atoms with Crippen molar-refractivity contribution < 1.29 is 9.18 Å². The predicted molar refractivity (Wildman–Crippen MR) is 103 cm³/mol. The lowest BCUT2D eigenvalue weighted by atomic mass is 10.2. The van der Waals surface area contributed by atoms with Crippen LogP contribution in [0.15, 0.2) is 54.9 Å². The van der Waals surface area contributed by atoms with Gasteiger partial charge in [0, 0.05) is 32.1 Å². The van der Waals surface area contributed by atoms with Crippen molar-refractivity contribution in [2.45, 2.75) is 19.9 Å². The Kier molecular flexibility index (Phi) is 5.80. The highest BCUT2D eigenvalue weighted by molar-refractivity contribution is 5.91. The minimum atomic E-state index is -0.268. The highest BCUT2D eigenvalue weighted by Gasteiger charge is 2.08. The highest BCUT2D eigenvalue weighted by Crippen LogP contribution is 2.11. The number of carbonyl (C=O) groups excluding carboxylic acids is 1. The van der Waals surface area contributed by atoms with Gasteiger partial charge in [-0.1, -0.05) is 18.2 Å². The fraction of sp³-hybridized carbons (Fsp3) is 0.250. The van der Waals surface area contributed by atoms with Crippen LogP contribution in [0.5, 0.6) is 0 Å². The maximum atomic E-state index is 13.0. The van der Waals surface area contributed by atoms with Crippen molar-refractivity contribution in [1.82, 2.24) is 14.8 Å². The molecule has 7 heteroatoms. The summed E-state index contributed by atoms with van der Waals surface area (Å²) in [7, 11) is 1.97. The molecule has 0 bridgehead atoms. The molecule has 0 saturated carbocycles. The van der Waals surface area contributed by atoms with E-state index in [1.807, 2.05) is 24.1 Å². The Balaban J connectivity index is 1.55. The Morgan fingerprint density at radius 3 is 2.56 bits per heavy atom. The maximum absolute atomic E-state index is 13.0. The first-order chi connectivity index (χ1) is 13.0. The molecule has 0 unspecified atom stereocenters. The normalized spacial score (nSPS) is 10.6. The third-order valence-electron chi connectivity index (χ3n) is 4.21. The SMILES string of the molecule is CCN(C)c1ccc(CC(=O)Nc2ccn(Cc3ccc(F)cc3)n2)cn1. The predicted octanol–water partition coefficient (Wildman–Crippen LogP) is 3.10. The summed E-state index contributed by atoms with van der Waals surface area (Å²) in [6.45, 7) is 3.43. The summed E-state index contributed by atoms with van der Waals surface area (Å²) in [5.41, 5.74) is 1.77. The van der Waals surface area contributed by atoms with E-state index >= 15 is 0 Å². The van der Waals surface area contributed by atoms with Crippen molar-refractivity contribution in [3.63, 3.8) is 0 Å². The quantitative estimate of drug-likeness (QED) is 0.697. The molecule has 2 aromatic heterocycles. The molecule has 6 nitrogen and oxygen atoms in total. The summed E-state index contributed by atoms with van der Waals surface area (Å²) in [5, 5.41) is 7.11. The van der Waals surface area contributed by atoms with Crippen molar-refractivity contribution in [3.05, 3.63) is 71.8 Å². The van der Waals surface area contributed by atoms with E-state index < -0.39 is 0 Å². The zero-order valence-electron chi connectivity index (χ0n) is 15.4. The first kappa shape index (κ1) is 18.6. The monoisotopic (exact) mass is 367 g/mol. The van der Waals surface area contributed by atoms with E-state index in [9.17, 15) is 9.18 Å². The minimum Gasteiger partial charge on any atom is -0.360 e. The standard InChI is InChI=1S/C20H22FN5O/c1-3-25(2)19-9-6-16(13-22-19)12-20(27)23-18-10-11-26(24-18)14-15-4-7-17(21)8-5-15/h4-11,13H,3,12,14H2,1-2H3,(H,23,24,27). The average molecular weight is 367 g/mol. The molecule has 140 valence electrons. The number of hydrogen-bond acceptors (Lipinski definition) is 4. The van der Waals surface area contributed by atoms with Crippen molar-refractivity contribution in [3.8, 4) is 0 Å². The number of carbonyl (C=O) groups is 1. The third-order valence-corrected chi connectivity index (χ3v) is 4.21. The van der Waals surface area contributed by atoms with E-state index in [0.717, 1.165) is 23.5 Å². The summed E-state index contributed by atoms with van der Waals surface area (Å²) in [6, 6.07) is 11.8. The van der Waals surface area contributed by atoms with E-state index in [0.29, 0.717) is 12.4 Å². The highest BCUT2D eigenvalue weighted by atomic mass is 19.1. The third kappa shape index (κ3) is 5.13. The Bertz CT molecular complexity index is 889. The number of anilines is 2. The minimum absolute atomic E-state index is 0.152. The summed E-state index contributed by atoms with van der Waals surface area (Å²) in [4.78, 5) is 18.6. The molecule has 3 rings (SSSR count). The van der Waals surface area contributed by atoms with E-state index in [1.54, 1.807) is 35.3 Å². The first-order valence-corrected chi connectivity index (χ1v) is 8.77. The topological polar surface area (TPSA) is 63.1 Å². The number of pyridine rings is 1. The van der Waals surface area contributed by atoms with Crippen LogP contribution in [0.2, 0.25) is 0 Å². The molecule has 0 atom stereocenters. The smallest absolute Gasteiger partial charge is 0.230 e. The fourth-order valence-electron chi connectivity index (χ4n) is 2.57. The Hall–Kier alpha value is -3.22. The molecule has 0 aliphatic heterocycles. The van der Waals surface area contributed by atoms with Crippen LogP contribution in [-0.4, -0.2) is 34.3 Å². The van der Waals surface area contributed by atoms with Crippen molar-refractivity contribution in [2.24, 2.45) is 0 Å². The van der Waals surface area contributed by atoms with Gasteiger partial charge in [0.15, 0.2) is 5.82 Å². The van der Waals surface area contributed by atoms with Gasteiger partial charge in [-0.15, -0.1) is 0 Å². The van der Waals surface area contributed by atoms with Crippen LogP contribution >= 0.6 is 0 Å². The number of hydrogen-bond donors (Lipinski definition) is 1. The number of benzene rings is 1. The summed E-state index contributed by atoms with van der Waals surface area (Å²) < 4.78 is 14.6. The number of nitrogens with one attached hydrogen (secondary N) is 1. The average Bonchev–Trinajstić information content (AvgIpc) is 3.10. The number of halogens is 1. The molecule has 3 aromatic rings. The fourth-order valence-corrected chi connectivity index (χ4v) is 2.57.